The van der Waals surface area contributed by atoms with Gasteiger partial charge < -0.3 is 20.5 Å². The van der Waals surface area contributed by atoms with E-state index in [4.69, 9.17) is 15.2 Å². The number of hydrogen-bond donors (Lipinski definition) is 2. The van der Waals surface area contributed by atoms with Gasteiger partial charge in [-0.05, 0) is 25.2 Å². The minimum absolute atomic E-state index is 0.0512. The van der Waals surface area contributed by atoms with Crippen LogP contribution in [0.25, 0.3) is 0 Å². The smallest absolute Gasteiger partial charge is 0.171 e. The van der Waals surface area contributed by atoms with Crippen molar-refractivity contribution in [3.05, 3.63) is 10.4 Å². The van der Waals surface area contributed by atoms with Crippen molar-refractivity contribution >= 4 is 27.8 Å². The van der Waals surface area contributed by atoms with Crippen LogP contribution in [0.5, 0.6) is 0 Å². The quantitative estimate of drug-likeness (QED) is 0.513. The summed E-state index contributed by atoms with van der Waals surface area (Å²) in [4.78, 5) is 12.3. The van der Waals surface area contributed by atoms with Crippen LogP contribution in [0.4, 0.5) is 10.7 Å². The number of carbonyl (C=O) groups excluding carboxylic acids is 1. The second kappa shape index (κ2) is 7.77. The van der Waals surface area contributed by atoms with Crippen LogP contribution >= 0.6 is 11.3 Å². The zero-order valence-electron chi connectivity index (χ0n) is 12.7. The Balaban J connectivity index is 1.85. The molecule has 118 valence electrons. The highest BCUT2D eigenvalue weighted by Crippen LogP contribution is 2.50. The molecule has 21 heavy (non-hydrogen) atoms. The molecular weight excluding hydrogens is 288 g/mol. The predicted molar refractivity (Wildman–Crippen MR) is 86.5 cm³/mol. The van der Waals surface area contributed by atoms with Crippen LogP contribution in [0, 0.1) is 0 Å². The van der Waals surface area contributed by atoms with Gasteiger partial charge in [0.05, 0.1) is 28.8 Å². The van der Waals surface area contributed by atoms with Crippen LogP contribution in [0.2, 0.25) is 0 Å². The third-order valence-corrected chi connectivity index (χ3v) is 4.75. The molecule has 1 aromatic rings. The molecule has 6 heteroatoms. The summed E-state index contributed by atoms with van der Waals surface area (Å²) < 4.78 is 10.3. The Morgan fingerprint density at radius 3 is 2.76 bits per heavy atom. The first-order valence-electron chi connectivity index (χ1n) is 7.38. The molecule has 1 heterocycles. The molecule has 1 saturated carbocycles. The number of rotatable bonds is 10. The number of ketones is 1. The molecule has 0 atom stereocenters. The lowest BCUT2D eigenvalue weighted by molar-refractivity contribution is 0.0705. The van der Waals surface area contributed by atoms with Crippen molar-refractivity contribution in [3.8, 4) is 0 Å². The molecule has 0 unspecified atom stereocenters. The normalized spacial score (nSPS) is 14.4. The number of thiophene rings is 1. The molecule has 2 rings (SSSR count). The fraction of sp³-hybridized carbons (Fsp3) is 0.667. The number of anilines is 2. The molecule has 3 N–H and O–H groups in total. The average Bonchev–Trinajstić information content (AvgIpc) is 3.22. The summed E-state index contributed by atoms with van der Waals surface area (Å²) in [6.45, 7) is 4.36. The summed E-state index contributed by atoms with van der Waals surface area (Å²) in [5.74, 6) is 0.588. The van der Waals surface area contributed by atoms with Crippen molar-refractivity contribution in [1.82, 2.24) is 0 Å². The van der Waals surface area contributed by atoms with Gasteiger partial charge in [0, 0.05) is 32.7 Å². The van der Waals surface area contributed by atoms with Crippen LogP contribution in [-0.2, 0) is 9.47 Å². The van der Waals surface area contributed by atoms with Gasteiger partial charge in [0.15, 0.2) is 5.78 Å². The molecule has 1 aliphatic carbocycles. The summed E-state index contributed by atoms with van der Waals surface area (Å²) in [6.07, 6.45) is 3.27. The minimum atomic E-state index is 0.0512. The zero-order valence-corrected chi connectivity index (χ0v) is 13.6. The first-order valence-corrected chi connectivity index (χ1v) is 8.20. The topological polar surface area (TPSA) is 73.6 Å². The maximum Gasteiger partial charge on any atom is 0.171 e. The Morgan fingerprint density at radius 2 is 2.14 bits per heavy atom. The number of nitrogens with one attached hydrogen (secondary N) is 1. The standard InChI is InChI=1S/C15H24N2O3S/c1-10(18)14-13(16)12(11-4-5-11)15(21-14)17-6-3-7-20-9-8-19-2/h11,17H,3-9,16H2,1-2H3. The molecule has 0 aliphatic heterocycles. The molecular formula is C15H24N2O3S. The number of hydrogen-bond acceptors (Lipinski definition) is 6. The molecule has 0 aromatic carbocycles. The van der Waals surface area contributed by atoms with E-state index in [0.29, 0.717) is 36.3 Å². The number of nitrogen functional groups attached to an aromatic ring is 1. The molecule has 1 aromatic heterocycles. The lowest BCUT2D eigenvalue weighted by atomic mass is 10.1. The minimum Gasteiger partial charge on any atom is -0.397 e. The van der Waals surface area contributed by atoms with E-state index in [0.717, 1.165) is 23.5 Å². The van der Waals surface area contributed by atoms with Gasteiger partial charge in [0.1, 0.15) is 0 Å². The van der Waals surface area contributed by atoms with Gasteiger partial charge in [-0.25, -0.2) is 0 Å². The lowest BCUT2D eigenvalue weighted by Gasteiger charge is -2.08. The maximum atomic E-state index is 11.6. The lowest BCUT2D eigenvalue weighted by Crippen LogP contribution is -2.08. The highest BCUT2D eigenvalue weighted by molar-refractivity contribution is 7.18. The summed E-state index contributed by atoms with van der Waals surface area (Å²) in [5, 5.41) is 4.48. The van der Waals surface area contributed by atoms with Crippen molar-refractivity contribution in [2.45, 2.75) is 32.1 Å². The van der Waals surface area contributed by atoms with Gasteiger partial charge in [0.2, 0.25) is 0 Å². The maximum absolute atomic E-state index is 11.6. The highest BCUT2D eigenvalue weighted by Gasteiger charge is 2.32. The Morgan fingerprint density at radius 1 is 1.38 bits per heavy atom. The van der Waals surface area contributed by atoms with E-state index in [-0.39, 0.29) is 5.78 Å². The summed E-state index contributed by atoms with van der Waals surface area (Å²) in [5.41, 5.74) is 7.99. The third-order valence-electron chi connectivity index (χ3n) is 3.47. The van der Waals surface area contributed by atoms with Gasteiger partial charge in [0.25, 0.3) is 0 Å². The molecule has 1 aliphatic rings. The highest BCUT2D eigenvalue weighted by atomic mass is 32.1. The largest absolute Gasteiger partial charge is 0.397 e. The number of ether oxygens (including phenoxy) is 2. The van der Waals surface area contributed by atoms with Crippen LogP contribution < -0.4 is 11.1 Å². The third kappa shape index (κ3) is 4.43. The van der Waals surface area contributed by atoms with E-state index >= 15 is 0 Å². The van der Waals surface area contributed by atoms with E-state index < -0.39 is 0 Å². The van der Waals surface area contributed by atoms with Crippen molar-refractivity contribution in [1.29, 1.82) is 0 Å². The Kier molecular flexibility index (Phi) is 6.02. The van der Waals surface area contributed by atoms with E-state index in [1.165, 1.54) is 24.2 Å². The van der Waals surface area contributed by atoms with Gasteiger partial charge in [-0.1, -0.05) is 0 Å². The second-order valence-corrected chi connectivity index (χ2v) is 6.32. The van der Waals surface area contributed by atoms with Crippen molar-refractivity contribution in [2.75, 3.05) is 44.5 Å². The number of carbonyl (C=O) groups is 1. The van der Waals surface area contributed by atoms with Gasteiger partial charge >= 0.3 is 0 Å². The van der Waals surface area contributed by atoms with Crippen LogP contribution in [-0.4, -0.2) is 39.3 Å². The molecule has 0 saturated heterocycles. The van der Waals surface area contributed by atoms with Crippen LogP contribution in [0.1, 0.15) is 47.3 Å². The van der Waals surface area contributed by atoms with E-state index in [1.54, 1.807) is 14.0 Å². The number of Topliss-reactive ketones (excluding diaryl/α,β-unsaturated/α-hetero) is 1. The van der Waals surface area contributed by atoms with Gasteiger partial charge in [-0.2, -0.15) is 0 Å². The van der Waals surface area contributed by atoms with Gasteiger partial charge in [-0.3, -0.25) is 4.79 Å². The second-order valence-electron chi connectivity index (χ2n) is 5.30. The van der Waals surface area contributed by atoms with E-state index in [9.17, 15) is 4.79 Å². The summed E-state index contributed by atoms with van der Waals surface area (Å²) in [7, 11) is 1.66. The molecule has 0 amide bonds. The first-order chi connectivity index (χ1) is 10.1. The molecule has 1 fully saturated rings. The van der Waals surface area contributed by atoms with E-state index in [1.807, 2.05) is 0 Å². The van der Waals surface area contributed by atoms with Crippen LogP contribution in [0.15, 0.2) is 0 Å². The molecule has 0 bridgehead atoms. The zero-order chi connectivity index (χ0) is 15.2. The van der Waals surface area contributed by atoms with Gasteiger partial charge in [-0.15, -0.1) is 11.3 Å². The first kappa shape index (κ1) is 16.3. The van der Waals surface area contributed by atoms with Crippen LogP contribution in [0.3, 0.4) is 0 Å². The monoisotopic (exact) mass is 312 g/mol. The molecule has 5 nitrogen and oxygen atoms in total. The van der Waals surface area contributed by atoms with E-state index in [2.05, 4.69) is 5.32 Å². The van der Waals surface area contributed by atoms with Crippen molar-refractivity contribution < 1.29 is 14.3 Å². The Labute approximate surface area is 129 Å². The fourth-order valence-corrected chi connectivity index (χ4v) is 3.38. The van der Waals surface area contributed by atoms with Crippen molar-refractivity contribution in [2.24, 2.45) is 0 Å². The fourth-order valence-electron chi connectivity index (χ4n) is 2.25. The summed E-state index contributed by atoms with van der Waals surface area (Å²) >= 11 is 1.49. The van der Waals surface area contributed by atoms with Crippen molar-refractivity contribution in [3.63, 3.8) is 0 Å². The Bertz CT molecular complexity index is 484. The average molecular weight is 312 g/mol. The summed E-state index contributed by atoms with van der Waals surface area (Å²) in [6, 6.07) is 0. The number of nitrogens with two attached hydrogens (primary N) is 1. The molecule has 0 radical (unpaired) electrons. The SMILES string of the molecule is COCCOCCCNc1sc(C(C)=O)c(N)c1C1CC1. The molecule has 0 spiro atoms. The predicted octanol–water partition coefficient (Wildman–Crippen LogP) is 2.88. The Hall–Kier alpha value is -1.11. The number of methoxy groups -OCH3 is 1.